The summed E-state index contributed by atoms with van der Waals surface area (Å²) < 4.78 is 17.5. The lowest BCUT2D eigenvalue weighted by Crippen LogP contribution is -2.66. The van der Waals surface area contributed by atoms with Crippen LogP contribution in [-0.4, -0.2) is 41.9 Å². The minimum absolute atomic E-state index is 0.311. The third-order valence-electron chi connectivity index (χ3n) is 5.42. The number of oxazole rings is 1. The fraction of sp³-hybridized carbons (Fsp3) is 0.750. The van der Waals surface area contributed by atoms with E-state index < -0.39 is 32.2 Å². The molecule has 2 rings (SSSR count). The van der Waals surface area contributed by atoms with Crippen molar-refractivity contribution in [2.24, 2.45) is 0 Å². The van der Waals surface area contributed by atoms with E-state index in [-0.39, 0.29) is 5.91 Å². The molecular formula is C20H34N2O5Si. The minimum atomic E-state index is -2.33. The van der Waals surface area contributed by atoms with Gasteiger partial charge in [-0.1, -0.05) is 41.5 Å². The second-order valence-electron chi connectivity index (χ2n) is 9.39. The van der Waals surface area contributed by atoms with Crippen LogP contribution < -0.4 is 0 Å². The highest BCUT2D eigenvalue weighted by Crippen LogP contribution is 2.48. The summed E-state index contributed by atoms with van der Waals surface area (Å²) in [4.78, 5) is 30.7. The quantitative estimate of drug-likeness (QED) is 0.482. The van der Waals surface area contributed by atoms with E-state index in [1.807, 2.05) is 0 Å². The second-order valence-corrected chi connectivity index (χ2v) is 14.8. The molecule has 0 saturated carbocycles. The van der Waals surface area contributed by atoms with Gasteiger partial charge in [-0.25, -0.2) is 14.7 Å². The highest BCUT2D eigenvalue weighted by Gasteiger charge is 2.59. The van der Waals surface area contributed by atoms with Crippen LogP contribution in [0.5, 0.6) is 0 Å². The van der Waals surface area contributed by atoms with Crippen LogP contribution in [0.4, 0.5) is 4.79 Å². The molecule has 1 fully saturated rings. The summed E-state index contributed by atoms with van der Waals surface area (Å²) in [7, 11) is -2.33. The third kappa shape index (κ3) is 4.03. The average Bonchev–Trinajstić information content (AvgIpc) is 3.03. The first-order valence-corrected chi connectivity index (χ1v) is 12.1. The van der Waals surface area contributed by atoms with Gasteiger partial charge in [0.2, 0.25) is 8.32 Å². The van der Waals surface area contributed by atoms with E-state index in [1.54, 1.807) is 20.8 Å². The molecule has 0 N–H and O–H groups in total. The molecule has 1 aromatic heterocycles. The first-order chi connectivity index (χ1) is 12.8. The lowest BCUT2D eigenvalue weighted by atomic mass is 9.97. The van der Waals surface area contributed by atoms with Crippen molar-refractivity contribution < 1.29 is 23.2 Å². The number of imide groups is 1. The molecule has 1 aromatic rings. The van der Waals surface area contributed by atoms with Gasteiger partial charge in [0.1, 0.15) is 11.6 Å². The number of aromatic nitrogens is 1. The zero-order valence-corrected chi connectivity index (χ0v) is 19.5. The monoisotopic (exact) mass is 410 g/mol. The Kier molecular flexibility index (Phi) is 6.45. The van der Waals surface area contributed by atoms with Crippen LogP contribution in [0.25, 0.3) is 0 Å². The molecule has 1 aliphatic heterocycles. The maximum Gasteiger partial charge on any atom is 0.417 e. The van der Waals surface area contributed by atoms with Gasteiger partial charge in [0.25, 0.3) is 5.91 Å². The van der Waals surface area contributed by atoms with Gasteiger partial charge in [-0.2, -0.15) is 0 Å². The Bertz CT molecular complexity index is 672. The molecule has 28 heavy (non-hydrogen) atoms. The van der Waals surface area contributed by atoms with Gasteiger partial charge in [-0.15, -0.1) is 0 Å². The average molecular weight is 411 g/mol. The molecule has 0 radical (unpaired) electrons. The molecule has 7 nitrogen and oxygen atoms in total. The fourth-order valence-electron chi connectivity index (χ4n) is 4.37. The highest BCUT2D eigenvalue weighted by molar-refractivity contribution is 6.77. The summed E-state index contributed by atoms with van der Waals surface area (Å²) in [5.41, 5.74) is 0.227. The van der Waals surface area contributed by atoms with Crippen LogP contribution in [0.2, 0.25) is 16.6 Å². The third-order valence-corrected chi connectivity index (χ3v) is 11.5. The van der Waals surface area contributed by atoms with Crippen molar-refractivity contribution >= 4 is 20.3 Å². The van der Waals surface area contributed by atoms with Gasteiger partial charge in [-0.05, 0) is 37.4 Å². The molecule has 0 bridgehead atoms. The van der Waals surface area contributed by atoms with Crippen LogP contribution >= 0.6 is 0 Å². The van der Waals surface area contributed by atoms with Crippen molar-refractivity contribution in [3.05, 3.63) is 18.4 Å². The van der Waals surface area contributed by atoms with Gasteiger partial charge in [0, 0.05) is 0 Å². The summed E-state index contributed by atoms with van der Waals surface area (Å²) in [5, 5.41) is 0. The van der Waals surface area contributed by atoms with Crippen molar-refractivity contribution in [3.8, 4) is 0 Å². The van der Waals surface area contributed by atoms with Crippen LogP contribution in [0, 0.1) is 0 Å². The summed E-state index contributed by atoms with van der Waals surface area (Å²) in [5.74, 6) is 0.0455. The first-order valence-electron chi connectivity index (χ1n) is 9.95. The molecular weight excluding hydrogens is 376 g/mol. The molecule has 0 aliphatic carbocycles. The number of amides is 2. The maximum atomic E-state index is 13.0. The number of likely N-dealkylation sites (tertiary alicyclic amines) is 1. The van der Waals surface area contributed by atoms with Crippen molar-refractivity contribution in [3.63, 3.8) is 0 Å². The lowest BCUT2D eigenvalue weighted by molar-refractivity contribution is -0.164. The number of carbonyl (C=O) groups is 2. The predicted octanol–water partition coefficient (Wildman–Crippen LogP) is 5.05. The van der Waals surface area contributed by atoms with E-state index in [4.69, 9.17) is 13.6 Å². The number of hydrogen-bond donors (Lipinski definition) is 0. The van der Waals surface area contributed by atoms with E-state index >= 15 is 0 Å². The molecule has 2 heterocycles. The van der Waals surface area contributed by atoms with Crippen molar-refractivity contribution in [2.45, 2.75) is 96.7 Å². The van der Waals surface area contributed by atoms with Gasteiger partial charge in [0.15, 0.2) is 18.3 Å². The summed E-state index contributed by atoms with van der Waals surface area (Å²) in [6.07, 6.45) is 1.36. The Morgan fingerprint density at radius 3 is 2.07 bits per heavy atom. The van der Waals surface area contributed by atoms with Gasteiger partial charge in [0.05, 0.1) is 6.20 Å². The molecule has 2 amide bonds. The van der Waals surface area contributed by atoms with Gasteiger partial charge < -0.3 is 13.6 Å². The number of β-lactam (4-membered cyclic amide) rings is 1. The molecule has 1 aliphatic rings. The Balaban J connectivity index is 2.38. The van der Waals surface area contributed by atoms with E-state index in [1.165, 1.54) is 12.6 Å². The summed E-state index contributed by atoms with van der Waals surface area (Å²) in [6.45, 7) is 18.2. The van der Waals surface area contributed by atoms with Crippen molar-refractivity contribution in [2.75, 3.05) is 0 Å². The molecule has 2 atom stereocenters. The zero-order valence-electron chi connectivity index (χ0n) is 18.5. The van der Waals surface area contributed by atoms with E-state index in [0.29, 0.717) is 22.4 Å². The van der Waals surface area contributed by atoms with Gasteiger partial charge in [-0.3, -0.25) is 4.79 Å². The molecule has 1 saturated heterocycles. The minimum Gasteiger partial charge on any atom is -0.446 e. The molecule has 8 heteroatoms. The maximum absolute atomic E-state index is 13.0. The van der Waals surface area contributed by atoms with Gasteiger partial charge >= 0.3 is 6.09 Å². The first kappa shape index (κ1) is 22.6. The normalized spacial score (nSPS) is 20.9. The Hall–Kier alpha value is -1.67. The van der Waals surface area contributed by atoms with E-state index in [2.05, 4.69) is 46.5 Å². The van der Waals surface area contributed by atoms with Crippen LogP contribution in [0.15, 0.2) is 17.0 Å². The van der Waals surface area contributed by atoms with Crippen molar-refractivity contribution in [1.29, 1.82) is 0 Å². The van der Waals surface area contributed by atoms with E-state index in [9.17, 15) is 9.59 Å². The Morgan fingerprint density at radius 1 is 1.14 bits per heavy atom. The highest BCUT2D eigenvalue weighted by atomic mass is 28.4. The fourth-order valence-corrected chi connectivity index (χ4v) is 9.85. The molecule has 0 unspecified atom stereocenters. The smallest absolute Gasteiger partial charge is 0.417 e. The standard InChI is InChI=1S/C20H34N2O5Si/c1-12(2)28(13(3)4,14(5)6)27-17-16(15-10-21-11-25-15)22(18(17)23)19(24)26-20(7,8)9/h10-14,16-17H,1-9H3/t16-,17+/m1/s1. The summed E-state index contributed by atoms with van der Waals surface area (Å²) >= 11 is 0. The van der Waals surface area contributed by atoms with Crippen LogP contribution in [0.1, 0.15) is 74.1 Å². The van der Waals surface area contributed by atoms with Crippen molar-refractivity contribution in [1.82, 2.24) is 9.88 Å². The molecule has 0 spiro atoms. The SMILES string of the molecule is CC(C)[Si](O[C@@H]1C(=O)N(C(=O)OC(C)(C)C)[C@@H]1c1cnco1)(C(C)C)C(C)C. The van der Waals surface area contributed by atoms with Crippen LogP contribution in [0.3, 0.4) is 0 Å². The number of hydrogen-bond acceptors (Lipinski definition) is 6. The summed E-state index contributed by atoms with van der Waals surface area (Å²) in [6, 6.07) is -0.659. The number of nitrogens with zero attached hydrogens (tertiary/aromatic N) is 2. The number of carbonyl (C=O) groups excluding carboxylic acids is 2. The number of rotatable bonds is 6. The molecule has 0 aromatic carbocycles. The Labute approximate surface area is 168 Å². The lowest BCUT2D eigenvalue weighted by Gasteiger charge is -2.51. The van der Waals surface area contributed by atoms with Crippen LogP contribution in [-0.2, 0) is 14.0 Å². The topological polar surface area (TPSA) is 81.9 Å². The number of ether oxygens (including phenoxy) is 1. The van der Waals surface area contributed by atoms with E-state index in [0.717, 1.165) is 4.90 Å². The Morgan fingerprint density at radius 2 is 1.68 bits per heavy atom. The molecule has 158 valence electrons. The second kappa shape index (κ2) is 7.98. The zero-order chi connectivity index (χ0) is 21.4. The largest absolute Gasteiger partial charge is 0.446 e. The predicted molar refractivity (Wildman–Crippen MR) is 108 cm³/mol.